The van der Waals surface area contributed by atoms with Crippen molar-refractivity contribution in [3.8, 4) is 0 Å². The number of esters is 1. The van der Waals surface area contributed by atoms with Gasteiger partial charge in [-0.25, -0.2) is 15.6 Å². The predicted octanol–water partition coefficient (Wildman–Crippen LogP) is 3.96. The Hall–Kier alpha value is -1.34. The highest BCUT2D eigenvalue weighted by Crippen LogP contribution is 2.16. The van der Waals surface area contributed by atoms with Gasteiger partial charge in [-0.1, -0.05) is 71.6 Å². The molecule has 0 aliphatic carbocycles. The minimum absolute atomic E-state index is 0.351. The second-order valence-electron chi connectivity index (χ2n) is 8.58. The molecule has 1 rings (SSSR count). The SMILES string of the molecule is CCCCCCCCNC1=NC(C)(C)NC(NCCCCCCC)(OC(C)=O)N1. The van der Waals surface area contributed by atoms with Crippen molar-refractivity contribution in [2.45, 2.75) is 117 Å². The highest BCUT2D eigenvalue weighted by molar-refractivity contribution is 5.82. The number of carbonyl (C=O) groups excluding carboxylic acids is 1. The maximum absolute atomic E-state index is 11.8. The van der Waals surface area contributed by atoms with Crippen LogP contribution in [0.1, 0.15) is 105 Å². The van der Waals surface area contributed by atoms with Gasteiger partial charge in [-0.15, -0.1) is 0 Å². The van der Waals surface area contributed by atoms with E-state index < -0.39 is 11.6 Å². The summed E-state index contributed by atoms with van der Waals surface area (Å²) in [7, 11) is 0. The first-order valence-corrected chi connectivity index (χ1v) is 11.7. The summed E-state index contributed by atoms with van der Waals surface area (Å²) in [5.74, 6) is -0.843. The largest absolute Gasteiger partial charge is 0.411 e. The van der Waals surface area contributed by atoms with E-state index in [2.05, 4.69) is 40.1 Å². The minimum Gasteiger partial charge on any atom is -0.411 e. The summed E-state index contributed by atoms with van der Waals surface area (Å²) < 4.78 is 5.65. The van der Waals surface area contributed by atoms with Crippen molar-refractivity contribution < 1.29 is 9.53 Å². The Kier molecular flexibility index (Phi) is 12.2. The standard InChI is InChI=1S/C22H45N5O2/c1-6-8-10-12-14-15-17-23-20-25-21(4,5)27-22(26-20,29-19(3)28)24-18-16-13-11-9-7-2/h24,27H,6-18H2,1-5H3,(H2,23,25,26). The number of rotatable bonds is 15. The van der Waals surface area contributed by atoms with Gasteiger partial charge in [0.25, 0.3) is 0 Å². The van der Waals surface area contributed by atoms with E-state index in [-0.39, 0.29) is 5.97 Å². The number of hydrogen-bond acceptors (Lipinski definition) is 7. The smallest absolute Gasteiger partial charge is 0.307 e. The van der Waals surface area contributed by atoms with Crippen LogP contribution in [0.25, 0.3) is 0 Å². The van der Waals surface area contributed by atoms with Crippen LogP contribution in [0.4, 0.5) is 0 Å². The van der Waals surface area contributed by atoms with Crippen LogP contribution in [0.2, 0.25) is 0 Å². The lowest BCUT2D eigenvalue weighted by Gasteiger charge is -2.44. The number of hydrogen-bond donors (Lipinski definition) is 4. The first kappa shape index (κ1) is 25.7. The van der Waals surface area contributed by atoms with E-state index >= 15 is 0 Å². The molecule has 170 valence electrons. The molecule has 0 aromatic rings. The molecule has 0 amide bonds. The molecule has 0 radical (unpaired) electrons. The molecular weight excluding hydrogens is 366 g/mol. The fraction of sp³-hybridized carbons (Fsp3) is 0.909. The van der Waals surface area contributed by atoms with Gasteiger partial charge < -0.3 is 10.1 Å². The fourth-order valence-electron chi connectivity index (χ4n) is 3.54. The summed E-state index contributed by atoms with van der Waals surface area (Å²) in [6.45, 7) is 11.4. The Morgan fingerprint density at radius 2 is 1.48 bits per heavy atom. The van der Waals surface area contributed by atoms with Crippen molar-refractivity contribution in [1.29, 1.82) is 0 Å². The Labute approximate surface area is 178 Å². The van der Waals surface area contributed by atoms with E-state index in [1.807, 2.05) is 13.8 Å². The van der Waals surface area contributed by atoms with Crippen LogP contribution in [0.3, 0.4) is 0 Å². The molecule has 1 aliphatic rings. The van der Waals surface area contributed by atoms with Crippen LogP contribution in [0.5, 0.6) is 0 Å². The quantitative estimate of drug-likeness (QED) is 0.185. The molecule has 1 aliphatic heterocycles. The van der Waals surface area contributed by atoms with Gasteiger partial charge in [0, 0.05) is 20.0 Å². The molecule has 4 N–H and O–H groups in total. The van der Waals surface area contributed by atoms with Gasteiger partial charge in [0.15, 0.2) is 5.96 Å². The van der Waals surface area contributed by atoms with E-state index in [1.165, 1.54) is 58.3 Å². The second kappa shape index (κ2) is 13.8. The van der Waals surface area contributed by atoms with Gasteiger partial charge in [-0.2, -0.15) is 0 Å². The zero-order chi connectivity index (χ0) is 21.6. The van der Waals surface area contributed by atoms with E-state index in [9.17, 15) is 4.79 Å². The Bertz CT molecular complexity index is 496. The summed E-state index contributed by atoms with van der Waals surface area (Å²) in [4.78, 5) is 16.5. The molecule has 1 heterocycles. The fourth-order valence-corrected chi connectivity index (χ4v) is 3.54. The Morgan fingerprint density at radius 1 is 0.931 bits per heavy atom. The summed E-state index contributed by atoms with van der Waals surface area (Å²) in [6.07, 6.45) is 13.4. The summed E-state index contributed by atoms with van der Waals surface area (Å²) in [5.41, 5.74) is -0.570. The maximum atomic E-state index is 11.8. The lowest BCUT2D eigenvalue weighted by molar-refractivity contribution is -0.173. The van der Waals surface area contributed by atoms with Crippen molar-refractivity contribution in [3.05, 3.63) is 0 Å². The Morgan fingerprint density at radius 3 is 2.07 bits per heavy atom. The number of carbonyl (C=O) groups is 1. The van der Waals surface area contributed by atoms with Crippen LogP contribution in [0.15, 0.2) is 4.99 Å². The van der Waals surface area contributed by atoms with E-state index in [0.29, 0.717) is 5.96 Å². The molecule has 7 nitrogen and oxygen atoms in total. The van der Waals surface area contributed by atoms with Crippen molar-refractivity contribution in [1.82, 2.24) is 21.3 Å². The first-order chi connectivity index (χ1) is 13.8. The van der Waals surface area contributed by atoms with E-state index in [0.717, 1.165) is 32.4 Å². The molecule has 0 aromatic carbocycles. The molecule has 0 saturated carbocycles. The average molecular weight is 412 g/mol. The lowest BCUT2D eigenvalue weighted by Crippen LogP contribution is -2.77. The molecule has 0 saturated heterocycles. The molecule has 0 spiro atoms. The number of aliphatic imine (C=N–C) groups is 1. The normalized spacial score (nSPS) is 20.7. The van der Waals surface area contributed by atoms with Crippen LogP contribution in [0, 0.1) is 0 Å². The average Bonchev–Trinajstić information content (AvgIpc) is 2.62. The zero-order valence-electron chi connectivity index (χ0n) is 19.5. The number of ether oxygens (including phenoxy) is 1. The molecule has 7 heteroatoms. The van der Waals surface area contributed by atoms with Crippen LogP contribution >= 0.6 is 0 Å². The predicted molar refractivity (Wildman–Crippen MR) is 120 cm³/mol. The van der Waals surface area contributed by atoms with Crippen LogP contribution < -0.4 is 21.3 Å². The number of guanidine groups is 1. The van der Waals surface area contributed by atoms with Crippen LogP contribution in [-0.4, -0.2) is 36.7 Å². The molecule has 0 aromatic heterocycles. The van der Waals surface area contributed by atoms with Crippen LogP contribution in [-0.2, 0) is 9.53 Å². The summed E-state index contributed by atoms with van der Waals surface area (Å²) >= 11 is 0. The van der Waals surface area contributed by atoms with Gasteiger partial charge in [-0.05, 0) is 26.7 Å². The van der Waals surface area contributed by atoms with Gasteiger partial charge >= 0.3 is 11.9 Å². The third-order valence-corrected chi connectivity index (χ3v) is 4.94. The summed E-state index contributed by atoms with van der Waals surface area (Å²) in [6, 6.07) is 0. The second-order valence-corrected chi connectivity index (χ2v) is 8.58. The molecule has 0 fully saturated rings. The Balaban J connectivity index is 2.58. The monoisotopic (exact) mass is 411 g/mol. The molecule has 1 unspecified atom stereocenters. The third kappa shape index (κ3) is 11.4. The zero-order valence-corrected chi connectivity index (χ0v) is 19.5. The van der Waals surface area contributed by atoms with Crippen molar-refractivity contribution >= 4 is 11.9 Å². The van der Waals surface area contributed by atoms with E-state index in [1.54, 1.807) is 0 Å². The van der Waals surface area contributed by atoms with Gasteiger partial charge in [-0.3, -0.25) is 10.1 Å². The third-order valence-electron chi connectivity index (χ3n) is 4.94. The highest BCUT2D eigenvalue weighted by atomic mass is 16.6. The molecule has 0 bridgehead atoms. The molecule has 1 atom stereocenters. The van der Waals surface area contributed by atoms with Crippen molar-refractivity contribution in [3.63, 3.8) is 0 Å². The van der Waals surface area contributed by atoms with Crippen molar-refractivity contribution in [2.75, 3.05) is 13.1 Å². The minimum atomic E-state index is -1.15. The van der Waals surface area contributed by atoms with E-state index in [4.69, 9.17) is 4.74 Å². The summed E-state index contributed by atoms with van der Waals surface area (Å²) in [5, 5.41) is 13.3. The molecular formula is C22H45N5O2. The highest BCUT2D eigenvalue weighted by Gasteiger charge is 2.43. The number of nitrogens with one attached hydrogen (secondary N) is 4. The van der Waals surface area contributed by atoms with Gasteiger partial charge in [0.05, 0.1) is 0 Å². The first-order valence-electron chi connectivity index (χ1n) is 11.7. The number of unbranched alkanes of at least 4 members (excludes halogenated alkanes) is 9. The topological polar surface area (TPSA) is 86.8 Å². The molecule has 29 heavy (non-hydrogen) atoms. The number of nitrogens with zero attached hydrogens (tertiary/aromatic N) is 1. The van der Waals surface area contributed by atoms with Gasteiger partial charge in [0.1, 0.15) is 5.66 Å². The maximum Gasteiger partial charge on any atom is 0.307 e. The lowest BCUT2D eigenvalue weighted by atomic mass is 10.1. The van der Waals surface area contributed by atoms with Crippen molar-refractivity contribution in [2.24, 2.45) is 4.99 Å². The van der Waals surface area contributed by atoms with Gasteiger partial charge in [0.2, 0.25) is 0 Å².